The van der Waals surface area contributed by atoms with Crippen LogP contribution in [-0.4, -0.2) is 29.6 Å². The molecule has 0 radical (unpaired) electrons. The summed E-state index contributed by atoms with van der Waals surface area (Å²) in [6.07, 6.45) is 0. The molecule has 2 aromatic carbocycles. The Bertz CT molecular complexity index is 755. The molecule has 0 heterocycles. The number of hydrogen-bond acceptors (Lipinski definition) is 3. The molecular formula is C20H23NO4. The van der Waals surface area contributed by atoms with Gasteiger partial charge in [-0.15, -0.1) is 0 Å². The van der Waals surface area contributed by atoms with Crippen molar-refractivity contribution in [3.05, 3.63) is 54.1 Å². The number of carboxylic acids is 1. The van der Waals surface area contributed by atoms with Gasteiger partial charge in [-0.1, -0.05) is 44.2 Å². The molecule has 0 spiro atoms. The fraction of sp³-hybridized carbons (Fsp3) is 0.300. The summed E-state index contributed by atoms with van der Waals surface area (Å²) in [6, 6.07) is 13.8. The monoisotopic (exact) mass is 341 g/mol. The third kappa shape index (κ3) is 4.59. The van der Waals surface area contributed by atoms with E-state index < -0.39 is 17.9 Å². The summed E-state index contributed by atoms with van der Waals surface area (Å²) in [4.78, 5) is 23.7. The summed E-state index contributed by atoms with van der Waals surface area (Å²) in [5, 5.41) is 11.8. The number of aliphatic carboxylic acids is 1. The topological polar surface area (TPSA) is 75.6 Å². The summed E-state index contributed by atoms with van der Waals surface area (Å²) >= 11 is 0. The Balaban J connectivity index is 2.30. The Morgan fingerprint density at radius 1 is 1.12 bits per heavy atom. The van der Waals surface area contributed by atoms with Crippen LogP contribution < -0.4 is 10.1 Å². The van der Waals surface area contributed by atoms with Gasteiger partial charge in [0.2, 0.25) is 0 Å². The van der Waals surface area contributed by atoms with Crippen LogP contribution in [0.4, 0.5) is 0 Å². The maximum Gasteiger partial charge on any atom is 0.326 e. The first-order valence-electron chi connectivity index (χ1n) is 8.30. The quantitative estimate of drug-likeness (QED) is 0.807. The van der Waals surface area contributed by atoms with E-state index in [2.05, 4.69) is 5.32 Å². The fourth-order valence-electron chi connectivity index (χ4n) is 2.55. The van der Waals surface area contributed by atoms with E-state index in [0.717, 1.165) is 16.9 Å². The number of rotatable bonds is 7. The molecule has 5 heteroatoms. The van der Waals surface area contributed by atoms with E-state index >= 15 is 0 Å². The van der Waals surface area contributed by atoms with Crippen LogP contribution >= 0.6 is 0 Å². The minimum Gasteiger partial charge on any atom is -0.493 e. The van der Waals surface area contributed by atoms with Gasteiger partial charge in [-0.25, -0.2) is 4.79 Å². The van der Waals surface area contributed by atoms with Gasteiger partial charge in [0.1, 0.15) is 11.8 Å². The highest BCUT2D eigenvalue weighted by Gasteiger charge is 2.24. The normalized spacial score (nSPS) is 11.8. The number of carbonyl (C=O) groups excluding carboxylic acids is 1. The number of carbonyl (C=O) groups is 2. The standard InChI is InChI=1S/C20H23NO4/c1-4-25-17-11-6-5-10-16(17)14-8-7-9-15(12-14)19(22)21-18(13(2)3)20(23)24/h5-13,18H,4H2,1-3H3,(H,21,22)(H,23,24)/t18-/m0/s1. The highest BCUT2D eigenvalue weighted by Crippen LogP contribution is 2.30. The van der Waals surface area contributed by atoms with Gasteiger partial charge in [-0.3, -0.25) is 4.79 Å². The molecule has 25 heavy (non-hydrogen) atoms. The van der Waals surface area contributed by atoms with Crippen LogP contribution in [0.5, 0.6) is 5.75 Å². The zero-order valence-electron chi connectivity index (χ0n) is 14.7. The number of nitrogens with one attached hydrogen (secondary N) is 1. The third-order valence-electron chi connectivity index (χ3n) is 3.84. The van der Waals surface area contributed by atoms with Crippen molar-refractivity contribution in [2.24, 2.45) is 5.92 Å². The summed E-state index contributed by atoms with van der Waals surface area (Å²) < 4.78 is 5.64. The van der Waals surface area contributed by atoms with Crippen molar-refractivity contribution in [3.63, 3.8) is 0 Å². The Hall–Kier alpha value is -2.82. The molecule has 2 aromatic rings. The molecule has 0 fully saturated rings. The lowest BCUT2D eigenvalue weighted by atomic mass is 10.0. The van der Waals surface area contributed by atoms with Gasteiger partial charge in [0.15, 0.2) is 0 Å². The summed E-state index contributed by atoms with van der Waals surface area (Å²) in [5.41, 5.74) is 2.14. The minimum atomic E-state index is -1.04. The van der Waals surface area contributed by atoms with E-state index in [1.807, 2.05) is 37.3 Å². The highest BCUT2D eigenvalue weighted by atomic mass is 16.5. The predicted octanol–water partition coefficient (Wildman–Crippen LogP) is 3.59. The summed E-state index contributed by atoms with van der Waals surface area (Å²) in [5.74, 6) is -0.908. The molecule has 1 atom stereocenters. The van der Waals surface area contributed by atoms with E-state index in [1.165, 1.54) is 0 Å². The molecule has 2 N–H and O–H groups in total. The lowest BCUT2D eigenvalue weighted by Gasteiger charge is -2.18. The molecule has 2 rings (SSSR count). The number of hydrogen-bond donors (Lipinski definition) is 2. The van der Waals surface area contributed by atoms with E-state index in [1.54, 1.807) is 32.0 Å². The largest absolute Gasteiger partial charge is 0.493 e. The van der Waals surface area contributed by atoms with Gasteiger partial charge < -0.3 is 15.2 Å². The Morgan fingerprint density at radius 3 is 2.48 bits per heavy atom. The zero-order valence-corrected chi connectivity index (χ0v) is 14.7. The Kier molecular flexibility index (Phi) is 6.17. The van der Waals surface area contributed by atoms with Crippen molar-refractivity contribution in [2.45, 2.75) is 26.8 Å². The molecule has 132 valence electrons. The second kappa shape index (κ2) is 8.33. The molecule has 0 aromatic heterocycles. The van der Waals surface area contributed by atoms with E-state index in [-0.39, 0.29) is 5.92 Å². The van der Waals surface area contributed by atoms with E-state index in [4.69, 9.17) is 4.74 Å². The van der Waals surface area contributed by atoms with Crippen molar-refractivity contribution >= 4 is 11.9 Å². The van der Waals surface area contributed by atoms with Crippen LogP contribution in [0.25, 0.3) is 11.1 Å². The second-order valence-electron chi connectivity index (χ2n) is 6.04. The second-order valence-corrected chi connectivity index (χ2v) is 6.04. The Labute approximate surface area is 147 Å². The van der Waals surface area contributed by atoms with Crippen molar-refractivity contribution < 1.29 is 19.4 Å². The van der Waals surface area contributed by atoms with Gasteiger partial charge in [-0.2, -0.15) is 0 Å². The highest BCUT2D eigenvalue weighted by molar-refractivity contribution is 5.97. The van der Waals surface area contributed by atoms with Crippen LogP contribution in [0.1, 0.15) is 31.1 Å². The number of carboxylic acid groups (broad SMARTS) is 1. The molecule has 0 aliphatic heterocycles. The molecule has 0 bridgehead atoms. The van der Waals surface area contributed by atoms with Crippen LogP contribution in [0, 0.1) is 5.92 Å². The lowest BCUT2D eigenvalue weighted by Crippen LogP contribution is -2.44. The fourth-order valence-corrected chi connectivity index (χ4v) is 2.55. The number of ether oxygens (including phenoxy) is 1. The average molecular weight is 341 g/mol. The molecular weight excluding hydrogens is 318 g/mol. The zero-order chi connectivity index (χ0) is 18.4. The Morgan fingerprint density at radius 2 is 1.84 bits per heavy atom. The SMILES string of the molecule is CCOc1ccccc1-c1cccc(C(=O)N[C@H](C(=O)O)C(C)C)c1. The van der Waals surface area contributed by atoms with Gasteiger partial charge in [0, 0.05) is 11.1 Å². The smallest absolute Gasteiger partial charge is 0.326 e. The van der Waals surface area contributed by atoms with Crippen molar-refractivity contribution in [1.82, 2.24) is 5.32 Å². The maximum absolute atomic E-state index is 12.5. The molecule has 0 aliphatic carbocycles. The van der Waals surface area contributed by atoms with Gasteiger partial charge in [0.05, 0.1) is 6.61 Å². The maximum atomic E-state index is 12.5. The first-order valence-corrected chi connectivity index (χ1v) is 8.30. The van der Waals surface area contributed by atoms with Crippen molar-refractivity contribution in [2.75, 3.05) is 6.61 Å². The van der Waals surface area contributed by atoms with E-state index in [9.17, 15) is 14.7 Å². The molecule has 5 nitrogen and oxygen atoms in total. The number of benzene rings is 2. The van der Waals surface area contributed by atoms with Crippen LogP contribution in [0.15, 0.2) is 48.5 Å². The van der Waals surface area contributed by atoms with Crippen LogP contribution in [0.2, 0.25) is 0 Å². The van der Waals surface area contributed by atoms with Gasteiger partial charge >= 0.3 is 5.97 Å². The third-order valence-corrected chi connectivity index (χ3v) is 3.84. The van der Waals surface area contributed by atoms with E-state index in [0.29, 0.717) is 12.2 Å². The summed E-state index contributed by atoms with van der Waals surface area (Å²) in [7, 11) is 0. The number of amides is 1. The van der Waals surface area contributed by atoms with Crippen molar-refractivity contribution in [1.29, 1.82) is 0 Å². The first kappa shape index (κ1) is 18.5. The van der Waals surface area contributed by atoms with Crippen LogP contribution in [-0.2, 0) is 4.79 Å². The lowest BCUT2D eigenvalue weighted by molar-refractivity contribution is -0.140. The average Bonchev–Trinajstić information content (AvgIpc) is 2.59. The first-order chi connectivity index (χ1) is 11.9. The van der Waals surface area contributed by atoms with Gasteiger partial charge in [-0.05, 0) is 36.6 Å². The van der Waals surface area contributed by atoms with Crippen molar-refractivity contribution in [3.8, 4) is 16.9 Å². The minimum absolute atomic E-state index is 0.205. The molecule has 1 amide bonds. The molecule has 0 saturated heterocycles. The number of para-hydroxylation sites is 1. The molecule has 0 saturated carbocycles. The molecule has 0 unspecified atom stereocenters. The van der Waals surface area contributed by atoms with Gasteiger partial charge in [0.25, 0.3) is 5.91 Å². The molecule has 0 aliphatic rings. The summed E-state index contributed by atoms with van der Waals surface area (Å²) in [6.45, 7) is 5.98. The predicted molar refractivity (Wildman–Crippen MR) is 96.8 cm³/mol. The van der Waals surface area contributed by atoms with Crippen LogP contribution in [0.3, 0.4) is 0 Å².